The Balaban J connectivity index is 1.92. The van der Waals surface area contributed by atoms with Gasteiger partial charge in [0.05, 0.1) is 11.5 Å². The lowest BCUT2D eigenvalue weighted by Gasteiger charge is -2.32. The van der Waals surface area contributed by atoms with Crippen LogP contribution in [0.15, 0.2) is 54.7 Å². The van der Waals surface area contributed by atoms with Crippen molar-refractivity contribution in [2.45, 2.75) is 71.4 Å². The summed E-state index contributed by atoms with van der Waals surface area (Å²) in [5.74, 6) is -0.425. The van der Waals surface area contributed by atoms with E-state index in [4.69, 9.17) is 0 Å². The summed E-state index contributed by atoms with van der Waals surface area (Å²) in [6.45, 7) is 10.2. The predicted octanol–water partition coefficient (Wildman–Crippen LogP) is 8.33. The van der Waals surface area contributed by atoms with E-state index in [1.807, 2.05) is 32.0 Å². The van der Waals surface area contributed by atoms with Crippen molar-refractivity contribution in [1.29, 1.82) is 0 Å². The summed E-state index contributed by atoms with van der Waals surface area (Å²) in [7, 11) is 0. The van der Waals surface area contributed by atoms with E-state index in [9.17, 15) is 23.1 Å². The van der Waals surface area contributed by atoms with E-state index in [-0.39, 0.29) is 11.8 Å². The number of allylic oxidation sites excluding steroid dienone is 1. The number of benzene rings is 2. The van der Waals surface area contributed by atoms with Crippen LogP contribution >= 0.6 is 0 Å². The van der Waals surface area contributed by atoms with Gasteiger partial charge in [-0.15, -0.1) is 0 Å². The number of carboxylic acid groups (broad SMARTS) is 1. The molecule has 1 fully saturated rings. The van der Waals surface area contributed by atoms with E-state index >= 15 is 0 Å². The van der Waals surface area contributed by atoms with Gasteiger partial charge in [-0.1, -0.05) is 64.1 Å². The third kappa shape index (κ3) is 7.62. The lowest BCUT2D eigenvalue weighted by atomic mass is 9.82. The molecule has 3 nitrogen and oxygen atoms in total. The van der Waals surface area contributed by atoms with E-state index in [0.29, 0.717) is 17.9 Å². The molecule has 3 rings (SSSR count). The molecule has 1 saturated heterocycles. The zero-order chi connectivity index (χ0) is 26.5. The molecular formula is C30H38F3NO2. The number of rotatable bonds is 9. The number of likely N-dealkylation sites (tertiary alicyclic amines) is 1. The first-order valence-corrected chi connectivity index (χ1v) is 12.9. The molecule has 6 heteroatoms. The second-order valence-electron chi connectivity index (χ2n) is 10.8. The quantitative estimate of drug-likeness (QED) is 0.375. The number of carbonyl (C=O) groups is 1. The molecule has 1 N–H and O–H groups in total. The Morgan fingerprint density at radius 3 is 2.17 bits per heavy atom. The number of piperidine rings is 1. The first-order valence-electron chi connectivity index (χ1n) is 12.9. The highest BCUT2D eigenvalue weighted by Gasteiger charge is 2.30. The van der Waals surface area contributed by atoms with Crippen LogP contribution in [0.5, 0.6) is 0 Å². The molecule has 0 aromatic heterocycles. The van der Waals surface area contributed by atoms with Crippen LogP contribution in [0.3, 0.4) is 0 Å². The molecule has 196 valence electrons. The summed E-state index contributed by atoms with van der Waals surface area (Å²) in [5.41, 5.74) is 2.54. The molecular weight excluding hydrogens is 463 g/mol. The number of carboxylic acids is 1. The van der Waals surface area contributed by atoms with Crippen molar-refractivity contribution in [1.82, 2.24) is 4.90 Å². The molecule has 0 bridgehead atoms. The molecule has 1 heterocycles. The number of hydrogen-bond acceptors (Lipinski definition) is 2. The number of aliphatic carboxylic acids is 1. The van der Waals surface area contributed by atoms with E-state index in [1.54, 1.807) is 0 Å². The van der Waals surface area contributed by atoms with Gasteiger partial charge in [0.2, 0.25) is 0 Å². The van der Waals surface area contributed by atoms with Gasteiger partial charge in [0.15, 0.2) is 0 Å². The average molecular weight is 502 g/mol. The molecule has 1 aliphatic rings. The zero-order valence-electron chi connectivity index (χ0n) is 21.7. The van der Waals surface area contributed by atoms with Crippen molar-refractivity contribution in [3.8, 4) is 11.1 Å². The van der Waals surface area contributed by atoms with E-state index in [1.165, 1.54) is 12.1 Å². The van der Waals surface area contributed by atoms with Gasteiger partial charge in [-0.25, -0.2) is 0 Å². The maximum atomic E-state index is 13.1. The molecule has 1 atom stereocenters. The molecule has 0 saturated carbocycles. The van der Waals surface area contributed by atoms with Crippen molar-refractivity contribution in [2.24, 2.45) is 11.8 Å². The normalized spacial score (nSPS) is 16.3. The van der Waals surface area contributed by atoms with Crippen molar-refractivity contribution in [3.63, 3.8) is 0 Å². The monoisotopic (exact) mass is 501 g/mol. The largest absolute Gasteiger partial charge is 0.481 e. The summed E-state index contributed by atoms with van der Waals surface area (Å²) in [4.78, 5) is 14.5. The van der Waals surface area contributed by atoms with Crippen LogP contribution in [-0.4, -0.2) is 29.1 Å². The van der Waals surface area contributed by atoms with Crippen LogP contribution < -0.4 is 0 Å². The fraction of sp³-hybridized carbons (Fsp3) is 0.500. The topological polar surface area (TPSA) is 40.5 Å². The maximum absolute atomic E-state index is 13.1. The summed E-state index contributed by atoms with van der Waals surface area (Å²) in [6.07, 6.45) is 3.46. The molecule has 36 heavy (non-hydrogen) atoms. The van der Waals surface area contributed by atoms with Crippen molar-refractivity contribution in [3.05, 3.63) is 71.4 Å². The van der Waals surface area contributed by atoms with Crippen molar-refractivity contribution < 1.29 is 23.1 Å². The fourth-order valence-electron chi connectivity index (χ4n) is 4.85. The molecule has 1 unspecified atom stereocenters. The predicted molar refractivity (Wildman–Crippen MR) is 139 cm³/mol. The van der Waals surface area contributed by atoms with Gasteiger partial charge in [0.1, 0.15) is 0 Å². The standard InChI is InChI=1S/C30H38F3NO2/c1-20(2)6-5-13-34-14-11-23(12-15-34)25-17-24(22-7-9-27(10-8-22)30(31,32)33)18-26(19-25)28(29(35)36)16-21(3)4/h5,7-10,13,17-21,23,28H,6,11-12,14-16H2,1-4H3,(H,35,36). The SMILES string of the molecule is CC(C)CC=CN1CCC(c2cc(-c3ccc(C(F)(F)F)cc3)cc(C(CC(C)C)C(=O)O)c2)CC1. The van der Waals surface area contributed by atoms with Gasteiger partial charge in [0, 0.05) is 13.1 Å². The molecule has 0 aliphatic carbocycles. The Bertz CT molecular complexity index is 1030. The number of hydrogen-bond donors (Lipinski definition) is 1. The van der Waals surface area contributed by atoms with E-state index < -0.39 is 23.6 Å². The molecule has 0 radical (unpaired) electrons. The minimum absolute atomic E-state index is 0.199. The third-order valence-corrected chi connectivity index (χ3v) is 6.86. The van der Waals surface area contributed by atoms with Crippen LogP contribution in [0.25, 0.3) is 11.1 Å². The minimum Gasteiger partial charge on any atom is -0.481 e. The highest BCUT2D eigenvalue weighted by molar-refractivity contribution is 5.77. The van der Waals surface area contributed by atoms with Crippen molar-refractivity contribution >= 4 is 5.97 Å². The molecule has 1 aliphatic heterocycles. The van der Waals surface area contributed by atoms with Gasteiger partial charge in [0.25, 0.3) is 0 Å². The van der Waals surface area contributed by atoms with Gasteiger partial charge < -0.3 is 10.0 Å². The zero-order valence-corrected chi connectivity index (χ0v) is 21.7. The van der Waals surface area contributed by atoms with Crippen LogP contribution in [0.2, 0.25) is 0 Å². The van der Waals surface area contributed by atoms with E-state index in [2.05, 4.69) is 31.0 Å². The lowest BCUT2D eigenvalue weighted by molar-refractivity contribution is -0.139. The first-order chi connectivity index (χ1) is 16.9. The Morgan fingerprint density at radius 1 is 1.00 bits per heavy atom. The van der Waals surface area contributed by atoms with Gasteiger partial charge in [-0.3, -0.25) is 4.79 Å². The van der Waals surface area contributed by atoms with Crippen LogP contribution in [0.4, 0.5) is 13.2 Å². The molecule has 2 aromatic carbocycles. The van der Waals surface area contributed by atoms with Gasteiger partial charge in [-0.05, 0) is 84.0 Å². The Hall–Kier alpha value is -2.76. The second-order valence-corrected chi connectivity index (χ2v) is 10.8. The highest BCUT2D eigenvalue weighted by atomic mass is 19.4. The number of alkyl halides is 3. The summed E-state index contributed by atoms with van der Waals surface area (Å²) in [5, 5.41) is 9.98. The fourth-order valence-corrected chi connectivity index (χ4v) is 4.85. The number of halogens is 3. The number of nitrogens with zero attached hydrogens (tertiary/aromatic N) is 1. The Morgan fingerprint density at radius 2 is 1.64 bits per heavy atom. The second kappa shape index (κ2) is 12.0. The van der Waals surface area contributed by atoms with Crippen LogP contribution in [-0.2, 0) is 11.0 Å². The summed E-state index contributed by atoms with van der Waals surface area (Å²) >= 11 is 0. The van der Waals surface area contributed by atoms with E-state index in [0.717, 1.165) is 61.2 Å². The van der Waals surface area contributed by atoms with Crippen molar-refractivity contribution in [2.75, 3.05) is 13.1 Å². The summed E-state index contributed by atoms with van der Waals surface area (Å²) < 4.78 is 39.3. The Kier molecular flexibility index (Phi) is 9.26. The lowest BCUT2D eigenvalue weighted by Crippen LogP contribution is -2.28. The average Bonchev–Trinajstić information content (AvgIpc) is 2.82. The molecule has 2 aromatic rings. The third-order valence-electron chi connectivity index (χ3n) is 6.86. The molecule has 0 spiro atoms. The van der Waals surface area contributed by atoms with Gasteiger partial charge >= 0.3 is 12.1 Å². The molecule has 0 amide bonds. The maximum Gasteiger partial charge on any atom is 0.416 e. The van der Waals surface area contributed by atoms with Crippen LogP contribution in [0.1, 0.15) is 81.9 Å². The Labute approximate surface area is 213 Å². The van der Waals surface area contributed by atoms with Gasteiger partial charge in [-0.2, -0.15) is 13.2 Å². The minimum atomic E-state index is -4.39. The first kappa shape index (κ1) is 27.8. The van der Waals surface area contributed by atoms with Crippen LogP contribution in [0, 0.1) is 11.8 Å². The summed E-state index contributed by atoms with van der Waals surface area (Å²) in [6, 6.07) is 11.0. The smallest absolute Gasteiger partial charge is 0.416 e. The highest BCUT2D eigenvalue weighted by Crippen LogP contribution is 2.37.